The summed E-state index contributed by atoms with van der Waals surface area (Å²) in [6.45, 7) is 3.59. The number of benzene rings is 1. The van der Waals surface area contributed by atoms with Crippen molar-refractivity contribution in [2.24, 2.45) is 0 Å². The van der Waals surface area contributed by atoms with E-state index in [2.05, 4.69) is 9.80 Å². The third-order valence-electron chi connectivity index (χ3n) is 4.67. The van der Waals surface area contributed by atoms with E-state index in [1.807, 2.05) is 30.4 Å². The Morgan fingerprint density at radius 1 is 1.26 bits per heavy atom. The molecule has 6 heteroatoms. The molecule has 0 saturated heterocycles. The topological polar surface area (TPSA) is 67.2 Å². The number of phenols is 1. The third-order valence-corrected chi connectivity index (χ3v) is 4.67. The largest absolute Gasteiger partial charge is 0.507 e. The monoisotopic (exact) mass is 317 g/mol. The lowest BCUT2D eigenvalue weighted by Crippen LogP contribution is -2.46. The van der Waals surface area contributed by atoms with Gasteiger partial charge in [0.25, 0.3) is 0 Å². The van der Waals surface area contributed by atoms with Crippen LogP contribution in [0, 0.1) is 0 Å². The standard InChI is InChI=1S/C17H23N3O3/c1-18-6-8-19(9-7-18)11-17(23)20-5-4-13-2-3-16(22)15(12-21)14(13)10-20/h2-3,6,8,12,17,22-23H,4-5,7,9-11H2,1H3. The maximum Gasteiger partial charge on any atom is 0.154 e. The normalized spacial score (nSPS) is 19.6. The van der Waals surface area contributed by atoms with Gasteiger partial charge in [-0.2, -0.15) is 0 Å². The number of likely N-dealkylation sites (N-methyl/N-ethyl adjacent to an activating group) is 1. The lowest BCUT2D eigenvalue weighted by Gasteiger charge is -2.37. The number of rotatable bonds is 4. The summed E-state index contributed by atoms with van der Waals surface area (Å²) in [5.74, 6) is 0.0112. The zero-order valence-electron chi connectivity index (χ0n) is 13.4. The number of carbonyl (C=O) groups is 1. The zero-order chi connectivity index (χ0) is 16.4. The summed E-state index contributed by atoms with van der Waals surface area (Å²) < 4.78 is 0. The molecule has 0 spiro atoms. The first-order valence-electron chi connectivity index (χ1n) is 7.92. The molecule has 3 rings (SSSR count). The Hall–Kier alpha value is -2.05. The quantitative estimate of drug-likeness (QED) is 0.793. The number of carbonyl (C=O) groups excluding carboxylic acids is 1. The van der Waals surface area contributed by atoms with Crippen molar-refractivity contribution < 1.29 is 15.0 Å². The number of aliphatic hydroxyl groups excluding tert-OH is 1. The van der Waals surface area contributed by atoms with E-state index in [1.165, 1.54) is 0 Å². The third kappa shape index (κ3) is 3.33. The molecule has 0 bridgehead atoms. The number of aliphatic hydroxyl groups is 1. The van der Waals surface area contributed by atoms with E-state index in [0.717, 1.165) is 37.2 Å². The van der Waals surface area contributed by atoms with Crippen LogP contribution >= 0.6 is 0 Å². The summed E-state index contributed by atoms with van der Waals surface area (Å²) >= 11 is 0. The van der Waals surface area contributed by atoms with Crippen molar-refractivity contribution in [3.05, 3.63) is 41.2 Å². The van der Waals surface area contributed by atoms with E-state index in [0.29, 0.717) is 24.9 Å². The highest BCUT2D eigenvalue weighted by Crippen LogP contribution is 2.28. The van der Waals surface area contributed by atoms with Gasteiger partial charge in [-0.05, 0) is 23.6 Å². The van der Waals surface area contributed by atoms with Gasteiger partial charge in [-0.1, -0.05) is 6.07 Å². The second kappa shape index (κ2) is 6.60. The minimum Gasteiger partial charge on any atom is -0.507 e. The lowest BCUT2D eigenvalue weighted by atomic mass is 9.94. The number of hydrogen-bond acceptors (Lipinski definition) is 6. The Morgan fingerprint density at radius 3 is 2.78 bits per heavy atom. The Balaban J connectivity index is 1.70. The van der Waals surface area contributed by atoms with Crippen molar-refractivity contribution in [2.75, 3.05) is 33.2 Å². The highest BCUT2D eigenvalue weighted by Gasteiger charge is 2.26. The van der Waals surface area contributed by atoms with Crippen molar-refractivity contribution in [1.29, 1.82) is 0 Å². The first-order valence-corrected chi connectivity index (χ1v) is 7.92. The molecule has 23 heavy (non-hydrogen) atoms. The molecule has 1 aromatic rings. The fourth-order valence-electron chi connectivity index (χ4n) is 3.17. The molecule has 124 valence electrons. The molecule has 0 aliphatic carbocycles. The number of phenolic OH excluding ortho intramolecular Hbond substituents is 1. The summed E-state index contributed by atoms with van der Waals surface area (Å²) in [5.41, 5.74) is 2.26. The van der Waals surface area contributed by atoms with E-state index < -0.39 is 6.23 Å². The van der Waals surface area contributed by atoms with Gasteiger partial charge in [0.2, 0.25) is 0 Å². The summed E-state index contributed by atoms with van der Waals surface area (Å²) in [4.78, 5) is 17.4. The number of β-amino-alcohol motifs (C(OH)–C–C–N with tert-alkyl or cyclic N) is 1. The average molecular weight is 317 g/mol. The van der Waals surface area contributed by atoms with Gasteiger partial charge in [0.05, 0.1) is 12.1 Å². The van der Waals surface area contributed by atoms with Gasteiger partial charge < -0.3 is 20.0 Å². The summed E-state index contributed by atoms with van der Waals surface area (Å²) in [6, 6.07) is 3.44. The first kappa shape index (κ1) is 15.8. The van der Waals surface area contributed by atoms with E-state index in [9.17, 15) is 15.0 Å². The molecule has 2 N–H and O–H groups in total. The lowest BCUT2D eigenvalue weighted by molar-refractivity contribution is -0.0232. The summed E-state index contributed by atoms with van der Waals surface area (Å²) in [5, 5.41) is 20.4. The van der Waals surface area contributed by atoms with Crippen molar-refractivity contribution in [1.82, 2.24) is 14.7 Å². The van der Waals surface area contributed by atoms with E-state index in [4.69, 9.17) is 0 Å². The Kier molecular flexibility index (Phi) is 4.54. The molecule has 0 saturated carbocycles. The molecule has 1 aromatic carbocycles. The van der Waals surface area contributed by atoms with Gasteiger partial charge in [0, 0.05) is 45.6 Å². The van der Waals surface area contributed by atoms with Crippen LogP contribution in [0.3, 0.4) is 0 Å². The van der Waals surface area contributed by atoms with E-state index in [1.54, 1.807) is 6.07 Å². The van der Waals surface area contributed by atoms with Crippen LogP contribution < -0.4 is 0 Å². The number of aldehydes is 1. The van der Waals surface area contributed by atoms with Gasteiger partial charge in [0.15, 0.2) is 6.29 Å². The Bertz CT molecular complexity index is 617. The fourth-order valence-corrected chi connectivity index (χ4v) is 3.17. The molecule has 2 aliphatic rings. The molecule has 2 heterocycles. The second-order valence-corrected chi connectivity index (χ2v) is 6.23. The summed E-state index contributed by atoms with van der Waals surface area (Å²) in [6.07, 6.45) is 4.87. The molecule has 0 amide bonds. The molecular weight excluding hydrogens is 294 g/mol. The minimum absolute atomic E-state index is 0.0112. The van der Waals surface area contributed by atoms with Crippen molar-refractivity contribution in [3.8, 4) is 5.75 Å². The molecule has 2 aliphatic heterocycles. The molecule has 1 unspecified atom stereocenters. The zero-order valence-corrected chi connectivity index (χ0v) is 13.4. The number of nitrogens with zero attached hydrogens (tertiary/aromatic N) is 3. The van der Waals surface area contributed by atoms with Gasteiger partial charge in [-0.15, -0.1) is 0 Å². The van der Waals surface area contributed by atoms with Crippen LogP contribution in [0.15, 0.2) is 24.5 Å². The van der Waals surface area contributed by atoms with Crippen LogP contribution in [0.1, 0.15) is 21.5 Å². The van der Waals surface area contributed by atoms with Crippen molar-refractivity contribution >= 4 is 6.29 Å². The molecule has 0 fully saturated rings. The van der Waals surface area contributed by atoms with Gasteiger partial charge in [0.1, 0.15) is 12.0 Å². The number of aromatic hydroxyl groups is 1. The predicted molar refractivity (Wildman–Crippen MR) is 87.0 cm³/mol. The second-order valence-electron chi connectivity index (χ2n) is 6.23. The molecule has 0 radical (unpaired) electrons. The molecule has 1 atom stereocenters. The number of hydrogen-bond donors (Lipinski definition) is 2. The fraction of sp³-hybridized carbons (Fsp3) is 0.471. The predicted octanol–water partition coefficient (Wildman–Crippen LogP) is 0.600. The Labute approximate surface area is 136 Å². The van der Waals surface area contributed by atoms with Crippen molar-refractivity contribution in [2.45, 2.75) is 19.2 Å². The summed E-state index contributed by atoms with van der Waals surface area (Å²) in [7, 11) is 2.03. The highest BCUT2D eigenvalue weighted by atomic mass is 16.3. The van der Waals surface area contributed by atoms with E-state index >= 15 is 0 Å². The molecule has 6 nitrogen and oxygen atoms in total. The first-order chi connectivity index (χ1) is 11.1. The van der Waals surface area contributed by atoms with Gasteiger partial charge >= 0.3 is 0 Å². The maximum absolute atomic E-state index is 11.3. The van der Waals surface area contributed by atoms with Crippen molar-refractivity contribution in [3.63, 3.8) is 0 Å². The highest BCUT2D eigenvalue weighted by molar-refractivity contribution is 5.82. The SMILES string of the molecule is CN1C=CN(CC(O)N2CCc3ccc(O)c(C=O)c3C2)CC1. The molecule has 0 aromatic heterocycles. The van der Waals surface area contributed by atoms with Gasteiger partial charge in [-0.3, -0.25) is 9.69 Å². The van der Waals surface area contributed by atoms with Crippen LogP contribution in [0.2, 0.25) is 0 Å². The van der Waals surface area contributed by atoms with Crippen LogP contribution in [-0.2, 0) is 13.0 Å². The Morgan fingerprint density at radius 2 is 2.09 bits per heavy atom. The smallest absolute Gasteiger partial charge is 0.154 e. The van der Waals surface area contributed by atoms with Crippen LogP contribution in [0.5, 0.6) is 5.75 Å². The van der Waals surface area contributed by atoms with Crippen LogP contribution in [-0.4, -0.2) is 70.7 Å². The van der Waals surface area contributed by atoms with Gasteiger partial charge in [-0.25, -0.2) is 0 Å². The number of fused-ring (bicyclic) bond motifs is 1. The minimum atomic E-state index is -0.599. The van der Waals surface area contributed by atoms with E-state index in [-0.39, 0.29) is 5.75 Å². The van der Waals surface area contributed by atoms with Crippen LogP contribution in [0.25, 0.3) is 0 Å². The average Bonchev–Trinajstić information content (AvgIpc) is 2.56. The molecular formula is C17H23N3O3. The van der Waals surface area contributed by atoms with Crippen LogP contribution in [0.4, 0.5) is 0 Å². The maximum atomic E-state index is 11.3.